The van der Waals surface area contributed by atoms with Crippen LogP contribution in [0.25, 0.3) is 0 Å². The van der Waals surface area contributed by atoms with Crippen LogP contribution in [0.5, 0.6) is 0 Å². The van der Waals surface area contributed by atoms with Crippen LogP contribution in [0.2, 0.25) is 0 Å². The van der Waals surface area contributed by atoms with Crippen molar-refractivity contribution in [1.29, 1.82) is 0 Å². The highest BCUT2D eigenvalue weighted by atomic mass is 16.3. The summed E-state index contributed by atoms with van der Waals surface area (Å²) in [6, 6.07) is -0.0792. The Balaban J connectivity index is 2.46. The summed E-state index contributed by atoms with van der Waals surface area (Å²) in [6.07, 6.45) is 2.03. The fraction of sp³-hybridized carbons (Fsp3) is 0.900. The molecule has 1 unspecified atom stereocenters. The van der Waals surface area contributed by atoms with Gasteiger partial charge in [0, 0.05) is 13.6 Å². The van der Waals surface area contributed by atoms with Gasteiger partial charge >= 0.3 is 0 Å². The number of rotatable bonds is 3. The number of nitrogens with zero attached hydrogens (tertiary/aromatic N) is 1. The number of hydrogen-bond donors (Lipinski definition) is 2. The van der Waals surface area contributed by atoms with Crippen molar-refractivity contribution in [2.75, 3.05) is 26.7 Å². The zero-order valence-corrected chi connectivity index (χ0v) is 8.99. The molecule has 1 aliphatic heterocycles. The van der Waals surface area contributed by atoms with Crippen LogP contribution in [-0.2, 0) is 4.79 Å². The molecule has 4 heteroatoms. The molecule has 1 aliphatic rings. The molecule has 4 nitrogen and oxygen atoms in total. The van der Waals surface area contributed by atoms with Crippen molar-refractivity contribution in [3.05, 3.63) is 0 Å². The average molecular weight is 200 g/mol. The first kappa shape index (κ1) is 11.5. The van der Waals surface area contributed by atoms with Crippen LogP contribution in [0.4, 0.5) is 0 Å². The maximum absolute atomic E-state index is 11.9. The van der Waals surface area contributed by atoms with Gasteiger partial charge in [-0.2, -0.15) is 0 Å². The summed E-state index contributed by atoms with van der Waals surface area (Å²) >= 11 is 0. The molecule has 2 atom stereocenters. The molecule has 0 aromatic rings. The van der Waals surface area contributed by atoms with Gasteiger partial charge in [-0.05, 0) is 26.3 Å². The van der Waals surface area contributed by atoms with E-state index in [4.69, 9.17) is 5.11 Å². The summed E-state index contributed by atoms with van der Waals surface area (Å²) in [5, 5.41) is 12.2. The predicted molar refractivity (Wildman–Crippen MR) is 54.9 cm³/mol. The van der Waals surface area contributed by atoms with Gasteiger partial charge in [0.05, 0.1) is 18.6 Å². The normalized spacial score (nSPS) is 24.4. The monoisotopic (exact) mass is 200 g/mol. The molecule has 0 aliphatic carbocycles. The highest BCUT2D eigenvalue weighted by molar-refractivity contribution is 5.79. The molecule has 0 spiro atoms. The van der Waals surface area contributed by atoms with Gasteiger partial charge in [-0.3, -0.25) is 4.79 Å². The van der Waals surface area contributed by atoms with Crippen molar-refractivity contribution in [2.24, 2.45) is 5.92 Å². The van der Waals surface area contributed by atoms with Gasteiger partial charge in [-0.15, -0.1) is 0 Å². The Bertz CT molecular complexity index is 187. The van der Waals surface area contributed by atoms with E-state index in [0.29, 0.717) is 0 Å². The molecular weight excluding hydrogens is 180 g/mol. The van der Waals surface area contributed by atoms with E-state index in [2.05, 4.69) is 5.32 Å². The number of carbonyl (C=O) groups excluding carboxylic acids is 1. The molecular formula is C10H20N2O2. The molecule has 0 bridgehead atoms. The Labute approximate surface area is 85.3 Å². The second kappa shape index (κ2) is 5.32. The van der Waals surface area contributed by atoms with Crippen molar-refractivity contribution < 1.29 is 9.90 Å². The van der Waals surface area contributed by atoms with Crippen LogP contribution in [-0.4, -0.2) is 48.7 Å². The average Bonchev–Trinajstić information content (AvgIpc) is 2.27. The number of hydrogen-bond acceptors (Lipinski definition) is 3. The van der Waals surface area contributed by atoms with Crippen LogP contribution in [0.15, 0.2) is 0 Å². The zero-order valence-electron chi connectivity index (χ0n) is 8.99. The fourth-order valence-corrected chi connectivity index (χ4v) is 1.69. The third-order valence-electron chi connectivity index (χ3n) is 2.92. The minimum Gasteiger partial charge on any atom is -0.394 e. The number of likely N-dealkylation sites (N-methyl/N-ethyl adjacent to an activating group) is 1. The number of amides is 1. The third kappa shape index (κ3) is 2.69. The summed E-state index contributed by atoms with van der Waals surface area (Å²) in [6.45, 7) is 3.68. The Morgan fingerprint density at radius 2 is 2.43 bits per heavy atom. The third-order valence-corrected chi connectivity index (χ3v) is 2.92. The predicted octanol–water partition coefficient (Wildman–Crippen LogP) is -0.175. The van der Waals surface area contributed by atoms with E-state index in [1.165, 1.54) is 0 Å². The highest BCUT2D eigenvalue weighted by Crippen LogP contribution is 2.13. The summed E-state index contributed by atoms with van der Waals surface area (Å²) in [5.41, 5.74) is 0. The van der Waals surface area contributed by atoms with Crippen molar-refractivity contribution in [3.63, 3.8) is 0 Å². The van der Waals surface area contributed by atoms with Gasteiger partial charge in [-0.25, -0.2) is 0 Å². The van der Waals surface area contributed by atoms with Crippen LogP contribution in [0.1, 0.15) is 19.8 Å². The zero-order chi connectivity index (χ0) is 10.6. The maximum Gasteiger partial charge on any atom is 0.227 e. The van der Waals surface area contributed by atoms with Crippen molar-refractivity contribution in [1.82, 2.24) is 10.2 Å². The topological polar surface area (TPSA) is 52.6 Å². The van der Waals surface area contributed by atoms with Gasteiger partial charge in [0.1, 0.15) is 0 Å². The second-order valence-electron chi connectivity index (χ2n) is 4.02. The summed E-state index contributed by atoms with van der Waals surface area (Å²) < 4.78 is 0. The van der Waals surface area contributed by atoms with E-state index in [9.17, 15) is 4.79 Å². The Morgan fingerprint density at radius 1 is 1.71 bits per heavy atom. The second-order valence-corrected chi connectivity index (χ2v) is 4.02. The van der Waals surface area contributed by atoms with Gasteiger partial charge in [0.2, 0.25) is 5.91 Å². The molecule has 1 heterocycles. The lowest BCUT2D eigenvalue weighted by Crippen LogP contribution is -2.45. The molecule has 82 valence electrons. The van der Waals surface area contributed by atoms with Crippen LogP contribution < -0.4 is 5.32 Å². The maximum atomic E-state index is 11.9. The smallest absolute Gasteiger partial charge is 0.227 e. The largest absolute Gasteiger partial charge is 0.394 e. The van der Waals surface area contributed by atoms with E-state index >= 15 is 0 Å². The lowest BCUT2D eigenvalue weighted by molar-refractivity contribution is -0.137. The molecule has 2 N–H and O–H groups in total. The summed E-state index contributed by atoms with van der Waals surface area (Å²) in [4.78, 5) is 13.5. The fourth-order valence-electron chi connectivity index (χ4n) is 1.69. The Kier molecular flexibility index (Phi) is 4.35. The van der Waals surface area contributed by atoms with Crippen molar-refractivity contribution >= 4 is 5.91 Å². The van der Waals surface area contributed by atoms with Crippen LogP contribution in [0.3, 0.4) is 0 Å². The van der Waals surface area contributed by atoms with Crippen LogP contribution in [0, 0.1) is 5.92 Å². The number of carbonyl (C=O) groups is 1. The summed E-state index contributed by atoms with van der Waals surface area (Å²) in [7, 11) is 1.76. The number of aliphatic hydroxyl groups excluding tert-OH is 1. The molecule has 0 aromatic carbocycles. The number of piperidine rings is 1. The van der Waals surface area contributed by atoms with E-state index in [1.807, 2.05) is 6.92 Å². The van der Waals surface area contributed by atoms with Gasteiger partial charge in [0.25, 0.3) is 0 Å². The van der Waals surface area contributed by atoms with E-state index < -0.39 is 0 Å². The standard InChI is InChI=1S/C10H20N2O2/c1-8(7-13)12(2)10(14)9-4-3-5-11-6-9/h8-9,11,13H,3-7H2,1-2H3/t8?,9-/m1/s1. The molecule has 0 aromatic heterocycles. The molecule has 1 rings (SSSR count). The van der Waals surface area contributed by atoms with E-state index in [-0.39, 0.29) is 24.5 Å². The van der Waals surface area contributed by atoms with Crippen molar-refractivity contribution in [2.45, 2.75) is 25.8 Å². The molecule has 0 radical (unpaired) electrons. The minimum absolute atomic E-state index is 0.0301. The molecule has 1 amide bonds. The first-order valence-electron chi connectivity index (χ1n) is 5.25. The van der Waals surface area contributed by atoms with E-state index in [1.54, 1.807) is 11.9 Å². The molecule has 14 heavy (non-hydrogen) atoms. The SMILES string of the molecule is CC(CO)N(C)C(=O)[C@@H]1CCCNC1. The number of aliphatic hydroxyl groups is 1. The van der Waals surface area contributed by atoms with Crippen LogP contribution >= 0.6 is 0 Å². The lowest BCUT2D eigenvalue weighted by atomic mass is 9.98. The minimum atomic E-state index is -0.0792. The molecule has 1 saturated heterocycles. The highest BCUT2D eigenvalue weighted by Gasteiger charge is 2.25. The van der Waals surface area contributed by atoms with Gasteiger partial charge in [-0.1, -0.05) is 0 Å². The van der Waals surface area contributed by atoms with Crippen molar-refractivity contribution in [3.8, 4) is 0 Å². The Morgan fingerprint density at radius 3 is 2.93 bits per heavy atom. The van der Waals surface area contributed by atoms with Gasteiger partial charge in [0.15, 0.2) is 0 Å². The van der Waals surface area contributed by atoms with Gasteiger partial charge < -0.3 is 15.3 Å². The molecule has 0 saturated carbocycles. The summed E-state index contributed by atoms with van der Waals surface area (Å²) in [5.74, 6) is 0.251. The Hall–Kier alpha value is -0.610. The number of nitrogens with one attached hydrogen (secondary N) is 1. The quantitative estimate of drug-likeness (QED) is 0.665. The first-order valence-corrected chi connectivity index (χ1v) is 5.25. The van der Waals surface area contributed by atoms with E-state index in [0.717, 1.165) is 25.9 Å². The first-order chi connectivity index (χ1) is 6.66. The lowest BCUT2D eigenvalue weighted by Gasteiger charge is -2.30. The molecule has 1 fully saturated rings.